The summed E-state index contributed by atoms with van der Waals surface area (Å²) in [5.41, 5.74) is 0.0724. The molecule has 0 amide bonds. The van der Waals surface area contributed by atoms with Crippen LogP contribution in [0, 0.1) is 0 Å². The third-order valence-corrected chi connectivity index (χ3v) is 4.62. The number of aliphatic imine (C=N–C) groups is 1. The molecule has 2 aliphatic heterocycles. The van der Waals surface area contributed by atoms with E-state index >= 15 is 0 Å². The molecule has 0 spiro atoms. The Labute approximate surface area is 163 Å². The SMILES string of the molecule is CN=C(NCC1CN(C)CCO1)NCC(C)(C)N1CCOCC1.I. The molecule has 0 saturated carbocycles. The van der Waals surface area contributed by atoms with E-state index in [4.69, 9.17) is 9.47 Å². The molecule has 8 heteroatoms. The maximum absolute atomic E-state index is 5.77. The Morgan fingerprint density at radius 1 is 1.17 bits per heavy atom. The molecule has 2 N–H and O–H groups in total. The van der Waals surface area contributed by atoms with Crippen LogP contribution in [0.1, 0.15) is 13.8 Å². The van der Waals surface area contributed by atoms with E-state index in [2.05, 4.69) is 46.3 Å². The Bertz CT molecular complexity index is 389. The second-order valence-electron chi connectivity index (χ2n) is 6.97. The summed E-state index contributed by atoms with van der Waals surface area (Å²) in [5, 5.41) is 6.82. The van der Waals surface area contributed by atoms with Gasteiger partial charge < -0.3 is 25.0 Å². The van der Waals surface area contributed by atoms with E-state index in [1.165, 1.54) is 0 Å². The zero-order valence-electron chi connectivity index (χ0n) is 15.5. The fraction of sp³-hybridized carbons (Fsp3) is 0.938. The molecular weight excluding hydrogens is 421 g/mol. The lowest BCUT2D eigenvalue weighted by Gasteiger charge is -2.41. The highest BCUT2D eigenvalue weighted by Crippen LogP contribution is 2.14. The molecule has 142 valence electrons. The summed E-state index contributed by atoms with van der Waals surface area (Å²) in [6.45, 7) is 12.5. The third kappa shape index (κ3) is 6.99. The highest BCUT2D eigenvalue weighted by atomic mass is 127. The second-order valence-corrected chi connectivity index (χ2v) is 6.97. The third-order valence-electron chi connectivity index (χ3n) is 4.62. The number of halogens is 1. The standard InChI is InChI=1S/C16H33N5O2.HI/c1-16(2,21-6-8-22-9-7-21)13-19-15(17-3)18-11-14-12-20(4)5-10-23-14;/h14H,5-13H2,1-4H3,(H2,17,18,19);1H. The molecule has 24 heavy (non-hydrogen) atoms. The molecule has 1 atom stereocenters. The van der Waals surface area contributed by atoms with Crippen LogP contribution in [0.3, 0.4) is 0 Å². The molecule has 2 aliphatic rings. The number of nitrogens with zero attached hydrogens (tertiary/aromatic N) is 3. The molecule has 2 rings (SSSR count). The number of likely N-dealkylation sites (N-methyl/N-ethyl adjacent to an activating group) is 1. The lowest BCUT2D eigenvalue weighted by atomic mass is 10.0. The minimum atomic E-state index is 0. The molecule has 0 aliphatic carbocycles. The number of hydrogen-bond acceptors (Lipinski definition) is 5. The Morgan fingerprint density at radius 3 is 2.50 bits per heavy atom. The number of ether oxygens (including phenoxy) is 2. The zero-order valence-corrected chi connectivity index (χ0v) is 17.8. The van der Waals surface area contributed by atoms with Gasteiger partial charge in [0.25, 0.3) is 0 Å². The van der Waals surface area contributed by atoms with Crippen molar-refractivity contribution in [3.05, 3.63) is 0 Å². The lowest BCUT2D eigenvalue weighted by Crippen LogP contribution is -2.57. The largest absolute Gasteiger partial charge is 0.379 e. The average Bonchev–Trinajstić information content (AvgIpc) is 2.56. The van der Waals surface area contributed by atoms with Crippen LogP contribution in [0.4, 0.5) is 0 Å². The van der Waals surface area contributed by atoms with Crippen LogP contribution >= 0.6 is 24.0 Å². The zero-order chi connectivity index (χ0) is 16.7. The number of morpholine rings is 2. The van der Waals surface area contributed by atoms with Gasteiger partial charge in [0, 0.05) is 51.9 Å². The highest BCUT2D eigenvalue weighted by molar-refractivity contribution is 14.0. The van der Waals surface area contributed by atoms with Crippen molar-refractivity contribution in [2.45, 2.75) is 25.5 Å². The Morgan fingerprint density at radius 2 is 1.88 bits per heavy atom. The molecule has 0 bridgehead atoms. The van der Waals surface area contributed by atoms with Gasteiger partial charge >= 0.3 is 0 Å². The molecule has 0 aromatic rings. The number of hydrogen-bond donors (Lipinski definition) is 2. The predicted octanol–water partition coefficient (Wildman–Crippen LogP) is 0.211. The second kappa shape index (κ2) is 10.7. The fourth-order valence-electron chi connectivity index (χ4n) is 3.00. The van der Waals surface area contributed by atoms with Gasteiger partial charge in [-0.15, -0.1) is 24.0 Å². The number of nitrogens with one attached hydrogen (secondary N) is 2. The van der Waals surface area contributed by atoms with Crippen LogP contribution in [0.5, 0.6) is 0 Å². The van der Waals surface area contributed by atoms with Gasteiger partial charge in [0.05, 0.1) is 25.9 Å². The first kappa shape index (κ1) is 21.9. The summed E-state index contributed by atoms with van der Waals surface area (Å²) >= 11 is 0. The molecule has 2 fully saturated rings. The van der Waals surface area contributed by atoms with Crippen molar-refractivity contribution in [1.82, 2.24) is 20.4 Å². The van der Waals surface area contributed by atoms with Gasteiger partial charge in [-0.3, -0.25) is 9.89 Å². The monoisotopic (exact) mass is 455 g/mol. The van der Waals surface area contributed by atoms with Gasteiger partial charge in [-0.25, -0.2) is 0 Å². The quantitative estimate of drug-likeness (QED) is 0.351. The molecule has 0 aromatic carbocycles. The van der Waals surface area contributed by atoms with Crippen molar-refractivity contribution in [3.8, 4) is 0 Å². The van der Waals surface area contributed by atoms with E-state index in [9.17, 15) is 0 Å². The smallest absolute Gasteiger partial charge is 0.191 e. The highest BCUT2D eigenvalue weighted by Gasteiger charge is 2.28. The van der Waals surface area contributed by atoms with Crippen LogP contribution in [0.15, 0.2) is 4.99 Å². The molecule has 1 unspecified atom stereocenters. The van der Waals surface area contributed by atoms with Crippen molar-refractivity contribution >= 4 is 29.9 Å². The van der Waals surface area contributed by atoms with E-state index in [1.54, 1.807) is 0 Å². The Hall–Kier alpha value is -0.160. The molecule has 0 radical (unpaired) electrons. The summed E-state index contributed by atoms with van der Waals surface area (Å²) in [6.07, 6.45) is 0.222. The molecular formula is C16H34IN5O2. The normalized spacial score (nSPS) is 24.3. The van der Waals surface area contributed by atoms with Crippen LogP contribution < -0.4 is 10.6 Å². The van der Waals surface area contributed by atoms with Crippen LogP contribution in [-0.2, 0) is 9.47 Å². The molecule has 2 saturated heterocycles. The van der Waals surface area contributed by atoms with Crippen LogP contribution in [0.2, 0.25) is 0 Å². The summed E-state index contributed by atoms with van der Waals surface area (Å²) in [7, 11) is 3.94. The molecule has 7 nitrogen and oxygen atoms in total. The van der Waals surface area contributed by atoms with E-state index in [0.29, 0.717) is 0 Å². The van der Waals surface area contributed by atoms with Gasteiger partial charge in [0.1, 0.15) is 0 Å². The van der Waals surface area contributed by atoms with Crippen molar-refractivity contribution in [2.75, 3.05) is 73.2 Å². The van der Waals surface area contributed by atoms with Gasteiger partial charge in [-0.1, -0.05) is 0 Å². The summed E-state index contributed by atoms with van der Waals surface area (Å²) in [6, 6.07) is 0. The van der Waals surface area contributed by atoms with Crippen molar-refractivity contribution in [1.29, 1.82) is 0 Å². The molecule has 0 aromatic heterocycles. The van der Waals surface area contributed by atoms with E-state index < -0.39 is 0 Å². The first-order valence-corrected chi connectivity index (χ1v) is 8.59. The Balaban J connectivity index is 0.00000288. The first-order chi connectivity index (χ1) is 11.0. The van der Waals surface area contributed by atoms with E-state index in [-0.39, 0.29) is 35.6 Å². The maximum Gasteiger partial charge on any atom is 0.191 e. The van der Waals surface area contributed by atoms with Gasteiger partial charge in [0.2, 0.25) is 0 Å². The number of guanidine groups is 1. The van der Waals surface area contributed by atoms with Crippen LogP contribution in [-0.4, -0.2) is 101 Å². The topological polar surface area (TPSA) is 61.4 Å². The lowest BCUT2D eigenvalue weighted by molar-refractivity contribution is -0.0163. The first-order valence-electron chi connectivity index (χ1n) is 8.59. The van der Waals surface area contributed by atoms with Gasteiger partial charge in [-0.2, -0.15) is 0 Å². The van der Waals surface area contributed by atoms with Gasteiger partial charge in [0.15, 0.2) is 5.96 Å². The van der Waals surface area contributed by atoms with E-state index in [1.807, 2.05) is 7.05 Å². The fourth-order valence-corrected chi connectivity index (χ4v) is 3.00. The van der Waals surface area contributed by atoms with Crippen molar-refractivity contribution in [3.63, 3.8) is 0 Å². The predicted molar refractivity (Wildman–Crippen MR) is 108 cm³/mol. The summed E-state index contributed by atoms with van der Waals surface area (Å²) < 4.78 is 11.2. The van der Waals surface area contributed by atoms with Crippen LogP contribution in [0.25, 0.3) is 0 Å². The minimum Gasteiger partial charge on any atom is -0.379 e. The van der Waals surface area contributed by atoms with Crippen molar-refractivity contribution in [2.24, 2.45) is 4.99 Å². The number of rotatable bonds is 5. The average molecular weight is 455 g/mol. The van der Waals surface area contributed by atoms with Crippen molar-refractivity contribution < 1.29 is 9.47 Å². The Kier molecular flexibility index (Phi) is 9.80. The van der Waals surface area contributed by atoms with E-state index in [0.717, 1.165) is 65.0 Å². The summed E-state index contributed by atoms with van der Waals surface area (Å²) in [4.78, 5) is 9.09. The minimum absolute atomic E-state index is 0. The maximum atomic E-state index is 5.77. The summed E-state index contributed by atoms with van der Waals surface area (Å²) in [5.74, 6) is 0.836. The van der Waals surface area contributed by atoms with Gasteiger partial charge in [-0.05, 0) is 20.9 Å². The molecule has 2 heterocycles.